The van der Waals surface area contributed by atoms with Gasteiger partial charge in [-0.05, 0) is 12.8 Å². The Morgan fingerprint density at radius 1 is 1.50 bits per heavy atom. The molecular weight excluding hydrogens is 212 g/mol. The van der Waals surface area contributed by atoms with Crippen molar-refractivity contribution in [3.63, 3.8) is 0 Å². The number of methoxy groups -OCH3 is 1. The lowest BCUT2D eigenvalue weighted by Gasteiger charge is -2.20. The maximum atomic E-state index is 11.5. The summed E-state index contributed by atoms with van der Waals surface area (Å²) >= 11 is 0. The van der Waals surface area contributed by atoms with Crippen molar-refractivity contribution in [2.24, 2.45) is 0 Å². The monoisotopic (exact) mass is 232 g/mol. The molecule has 2 amide bonds. The minimum absolute atomic E-state index is 0.368. The number of carbonyl (C=O) groups is 2. The van der Waals surface area contributed by atoms with Crippen molar-refractivity contribution in [2.75, 3.05) is 27.3 Å². The van der Waals surface area contributed by atoms with Gasteiger partial charge in [0, 0.05) is 27.3 Å². The van der Waals surface area contributed by atoms with E-state index in [1.54, 1.807) is 21.1 Å². The zero-order valence-electron chi connectivity index (χ0n) is 10.0. The number of hydrogen-bond donors (Lipinski definition) is 2. The Hall–Kier alpha value is -1.30. The van der Waals surface area contributed by atoms with Gasteiger partial charge in [-0.15, -0.1) is 0 Å². The lowest BCUT2D eigenvalue weighted by atomic mass is 10.2. The van der Waals surface area contributed by atoms with Gasteiger partial charge < -0.3 is 20.1 Å². The Balaban J connectivity index is 3.98. The molecule has 0 aromatic carbocycles. The van der Waals surface area contributed by atoms with E-state index < -0.39 is 12.0 Å². The van der Waals surface area contributed by atoms with Crippen molar-refractivity contribution in [3.05, 3.63) is 0 Å². The van der Waals surface area contributed by atoms with Gasteiger partial charge in [-0.25, -0.2) is 9.59 Å². The molecule has 6 heteroatoms. The number of urea groups is 1. The largest absolute Gasteiger partial charge is 0.480 e. The summed E-state index contributed by atoms with van der Waals surface area (Å²) in [6.07, 6.45) is 1.09. The summed E-state index contributed by atoms with van der Waals surface area (Å²) < 4.78 is 4.86. The fourth-order valence-corrected chi connectivity index (χ4v) is 1.15. The van der Waals surface area contributed by atoms with E-state index in [0.29, 0.717) is 19.6 Å². The highest BCUT2D eigenvalue weighted by Crippen LogP contribution is 1.95. The number of nitrogens with zero attached hydrogens (tertiary/aromatic N) is 1. The number of hydrogen-bond acceptors (Lipinski definition) is 3. The lowest BCUT2D eigenvalue weighted by Crippen LogP contribution is -2.46. The molecule has 0 aliphatic heterocycles. The maximum absolute atomic E-state index is 11.5. The molecule has 0 aliphatic rings. The Kier molecular flexibility index (Phi) is 7.28. The first-order valence-electron chi connectivity index (χ1n) is 5.26. The average Bonchev–Trinajstić information content (AvgIpc) is 2.25. The lowest BCUT2D eigenvalue weighted by molar-refractivity contribution is -0.139. The Morgan fingerprint density at radius 2 is 2.12 bits per heavy atom. The van der Waals surface area contributed by atoms with E-state index in [2.05, 4.69) is 5.32 Å². The zero-order chi connectivity index (χ0) is 12.6. The van der Waals surface area contributed by atoms with Crippen LogP contribution in [0.15, 0.2) is 0 Å². The standard InChI is InChI=1S/C10H20N2O4/c1-4-8(9(13)14)11-10(15)12(2)6-5-7-16-3/h8H,4-7H2,1-3H3,(H,11,15)(H,13,14)/t8-/m0/s1. The molecule has 94 valence electrons. The highest BCUT2D eigenvalue weighted by atomic mass is 16.5. The van der Waals surface area contributed by atoms with Crippen LogP contribution >= 0.6 is 0 Å². The van der Waals surface area contributed by atoms with Crippen molar-refractivity contribution in [1.82, 2.24) is 10.2 Å². The Morgan fingerprint density at radius 3 is 2.56 bits per heavy atom. The normalized spacial score (nSPS) is 11.9. The third-order valence-corrected chi connectivity index (χ3v) is 2.19. The summed E-state index contributed by atoms with van der Waals surface area (Å²) in [6.45, 7) is 2.83. The number of carboxylic acids is 1. The molecule has 0 saturated carbocycles. The van der Waals surface area contributed by atoms with Gasteiger partial charge >= 0.3 is 12.0 Å². The average molecular weight is 232 g/mol. The van der Waals surface area contributed by atoms with Gasteiger partial charge in [0.1, 0.15) is 6.04 Å². The number of rotatable bonds is 7. The van der Waals surface area contributed by atoms with Crippen LogP contribution in [0.4, 0.5) is 4.79 Å². The molecule has 0 spiro atoms. The molecule has 2 N–H and O–H groups in total. The van der Waals surface area contributed by atoms with Crippen LogP contribution in [0, 0.1) is 0 Å². The van der Waals surface area contributed by atoms with E-state index in [1.807, 2.05) is 0 Å². The first-order valence-corrected chi connectivity index (χ1v) is 5.26. The first-order chi connectivity index (χ1) is 7.52. The summed E-state index contributed by atoms with van der Waals surface area (Å²) in [6, 6.07) is -1.19. The number of ether oxygens (including phenoxy) is 1. The number of carboxylic acid groups (broad SMARTS) is 1. The van der Waals surface area contributed by atoms with Gasteiger partial charge in [-0.3, -0.25) is 0 Å². The molecular formula is C10H20N2O4. The third-order valence-electron chi connectivity index (χ3n) is 2.19. The molecule has 6 nitrogen and oxygen atoms in total. The SMILES string of the molecule is CC[C@H](NC(=O)N(C)CCCOC)C(=O)O. The molecule has 1 atom stereocenters. The fourth-order valence-electron chi connectivity index (χ4n) is 1.15. The number of carbonyl (C=O) groups excluding carboxylic acids is 1. The van der Waals surface area contributed by atoms with E-state index in [1.165, 1.54) is 4.90 Å². The van der Waals surface area contributed by atoms with Crippen molar-refractivity contribution < 1.29 is 19.4 Å². The Labute approximate surface area is 95.6 Å². The van der Waals surface area contributed by atoms with Crippen LogP contribution in [0.2, 0.25) is 0 Å². The molecule has 0 aromatic heterocycles. The molecule has 0 aliphatic carbocycles. The van der Waals surface area contributed by atoms with Crippen molar-refractivity contribution in [1.29, 1.82) is 0 Å². The number of amides is 2. The van der Waals surface area contributed by atoms with Gasteiger partial charge in [-0.2, -0.15) is 0 Å². The molecule has 0 radical (unpaired) electrons. The first kappa shape index (κ1) is 14.7. The smallest absolute Gasteiger partial charge is 0.326 e. The summed E-state index contributed by atoms with van der Waals surface area (Å²) in [7, 11) is 3.22. The van der Waals surface area contributed by atoms with Gasteiger partial charge in [0.05, 0.1) is 0 Å². The van der Waals surface area contributed by atoms with Crippen LogP contribution in [0.3, 0.4) is 0 Å². The maximum Gasteiger partial charge on any atom is 0.326 e. The van der Waals surface area contributed by atoms with E-state index in [4.69, 9.17) is 9.84 Å². The molecule has 0 saturated heterocycles. The van der Waals surface area contributed by atoms with Crippen LogP contribution in [-0.2, 0) is 9.53 Å². The summed E-state index contributed by atoms with van der Waals surface area (Å²) in [5.74, 6) is -1.01. The third kappa shape index (κ3) is 5.55. The van der Waals surface area contributed by atoms with Crippen LogP contribution < -0.4 is 5.32 Å². The second kappa shape index (κ2) is 7.92. The number of nitrogens with one attached hydrogen (secondary N) is 1. The van der Waals surface area contributed by atoms with E-state index in [0.717, 1.165) is 6.42 Å². The van der Waals surface area contributed by atoms with Crippen LogP contribution in [0.5, 0.6) is 0 Å². The molecule has 0 rings (SSSR count). The predicted octanol–water partition coefficient (Wildman–Crippen LogP) is 0.527. The fraction of sp³-hybridized carbons (Fsp3) is 0.800. The van der Waals surface area contributed by atoms with E-state index >= 15 is 0 Å². The highest BCUT2D eigenvalue weighted by molar-refractivity contribution is 5.82. The minimum atomic E-state index is -1.01. The topological polar surface area (TPSA) is 78.9 Å². The van der Waals surface area contributed by atoms with Gasteiger partial charge in [0.15, 0.2) is 0 Å². The molecule has 0 heterocycles. The molecule has 0 aromatic rings. The summed E-state index contributed by atoms with van der Waals surface area (Å²) in [5, 5.41) is 11.2. The van der Waals surface area contributed by atoms with E-state index in [-0.39, 0.29) is 6.03 Å². The van der Waals surface area contributed by atoms with Crippen LogP contribution in [0.1, 0.15) is 19.8 Å². The quantitative estimate of drug-likeness (QED) is 0.627. The second-order valence-corrected chi connectivity index (χ2v) is 3.52. The molecule has 16 heavy (non-hydrogen) atoms. The summed E-state index contributed by atoms with van der Waals surface area (Å²) in [5.41, 5.74) is 0. The molecule has 0 unspecified atom stereocenters. The van der Waals surface area contributed by atoms with Crippen molar-refractivity contribution >= 4 is 12.0 Å². The number of aliphatic carboxylic acids is 1. The van der Waals surface area contributed by atoms with Gasteiger partial charge in [0.2, 0.25) is 0 Å². The van der Waals surface area contributed by atoms with Crippen LogP contribution in [-0.4, -0.2) is 55.4 Å². The summed E-state index contributed by atoms with van der Waals surface area (Å²) in [4.78, 5) is 23.7. The zero-order valence-corrected chi connectivity index (χ0v) is 10.0. The van der Waals surface area contributed by atoms with Gasteiger partial charge in [0.25, 0.3) is 0 Å². The molecule has 0 bridgehead atoms. The van der Waals surface area contributed by atoms with Gasteiger partial charge in [-0.1, -0.05) is 6.92 Å². The second-order valence-electron chi connectivity index (χ2n) is 3.52. The molecule has 0 fully saturated rings. The minimum Gasteiger partial charge on any atom is -0.480 e. The highest BCUT2D eigenvalue weighted by Gasteiger charge is 2.19. The predicted molar refractivity (Wildman–Crippen MR) is 59.4 cm³/mol. The van der Waals surface area contributed by atoms with Crippen molar-refractivity contribution in [3.8, 4) is 0 Å². The van der Waals surface area contributed by atoms with Crippen LogP contribution in [0.25, 0.3) is 0 Å². The Bertz CT molecular complexity index is 233. The van der Waals surface area contributed by atoms with E-state index in [9.17, 15) is 9.59 Å². The van der Waals surface area contributed by atoms with Crippen molar-refractivity contribution in [2.45, 2.75) is 25.8 Å².